The van der Waals surface area contributed by atoms with Crippen molar-refractivity contribution in [2.45, 2.75) is 6.92 Å². The predicted octanol–water partition coefficient (Wildman–Crippen LogP) is 2.47. The van der Waals surface area contributed by atoms with Crippen LogP contribution in [-0.4, -0.2) is 29.4 Å². The molecular weight excluding hydrogens is 238 g/mol. The topological polar surface area (TPSA) is 57.0 Å². The lowest BCUT2D eigenvalue weighted by Crippen LogP contribution is -2.30. The Morgan fingerprint density at radius 2 is 2.16 bits per heavy atom. The highest BCUT2D eigenvalue weighted by Crippen LogP contribution is 2.17. The zero-order chi connectivity index (χ0) is 13.8. The summed E-state index contributed by atoms with van der Waals surface area (Å²) in [5, 5.41) is 9.65. The van der Waals surface area contributed by atoms with Crippen LogP contribution in [0.5, 0.6) is 0 Å². The van der Waals surface area contributed by atoms with Gasteiger partial charge in [0.15, 0.2) is 0 Å². The molecule has 1 amide bonds. The van der Waals surface area contributed by atoms with Gasteiger partial charge >= 0.3 is 0 Å². The van der Waals surface area contributed by atoms with E-state index in [4.69, 9.17) is 5.26 Å². The summed E-state index contributed by atoms with van der Waals surface area (Å²) in [4.78, 5) is 18.2. The van der Waals surface area contributed by atoms with Crippen LogP contribution in [0.15, 0.2) is 36.5 Å². The molecule has 1 aromatic heterocycles. The van der Waals surface area contributed by atoms with Gasteiger partial charge in [0.25, 0.3) is 5.91 Å². The Labute approximate surface area is 112 Å². The van der Waals surface area contributed by atoms with Crippen molar-refractivity contribution >= 4 is 16.8 Å². The van der Waals surface area contributed by atoms with Gasteiger partial charge < -0.3 is 4.90 Å². The molecule has 1 unspecified atom stereocenters. The normalized spacial score (nSPS) is 11.8. The molecule has 0 aliphatic carbocycles. The van der Waals surface area contributed by atoms with E-state index in [1.54, 1.807) is 31.1 Å². The number of pyridine rings is 1. The first kappa shape index (κ1) is 13.0. The fourth-order valence-corrected chi connectivity index (χ4v) is 2.02. The second-order valence-electron chi connectivity index (χ2n) is 4.59. The Hall–Kier alpha value is -2.41. The summed E-state index contributed by atoms with van der Waals surface area (Å²) in [5.41, 5.74) is 1.42. The molecular formula is C15H15N3O. The molecule has 0 fully saturated rings. The maximum absolute atomic E-state index is 12.4. The van der Waals surface area contributed by atoms with Crippen molar-refractivity contribution in [1.29, 1.82) is 5.26 Å². The van der Waals surface area contributed by atoms with Crippen LogP contribution >= 0.6 is 0 Å². The molecule has 2 rings (SSSR count). The Kier molecular flexibility index (Phi) is 3.76. The number of fused-ring (bicyclic) bond motifs is 1. The summed E-state index contributed by atoms with van der Waals surface area (Å²) < 4.78 is 0. The molecule has 0 bridgehead atoms. The second kappa shape index (κ2) is 5.49. The molecule has 2 aromatic rings. The van der Waals surface area contributed by atoms with Crippen molar-refractivity contribution < 1.29 is 4.79 Å². The average molecular weight is 253 g/mol. The van der Waals surface area contributed by atoms with Gasteiger partial charge in [-0.1, -0.05) is 18.2 Å². The number of hydrogen-bond donors (Lipinski definition) is 0. The highest BCUT2D eigenvalue weighted by Gasteiger charge is 2.16. The standard InChI is InChI=1S/C15H15N3O/c1-11(9-16)10-18(2)15(19)13-7-8-17-14-6-4-3-5-12(13)14/h3-8,11H,10H2,1-2H3. The van der Waals surface area contributed by atoms with Crippen molar-refractivity contribution in [1.82, 2.24) is 9.88 Å². The number of nitriles is 1. The summed E-state index contributed by atoms with van der Waals surface area (Å²) in [6.45, 7) is 2.22. The molecule has 1 heterocycles. The smallest absolute Gasteiger partial charge is 0.254 e. The number of carbonyl (C=O) groups excluding carboxylic acids is 1. The third kappa shape index (κ3) is 2.71. The van der Waals surface area contributed by atoms with Gasteiger partial charge in [-0.15, -0.1) is 0 Å². The first-order valence-corrected chi connectivity index (χ1v) is 6.12. The highest BCUT2D eigenvalue weighted by atomic mass is 16.2. The molecule has 0 N–H and O–H groups in total. The maximum Gasteiger partial charge on any atom is 0.254 e. The minimum atomic E-state index is -0.179. The van der Waals surface area contributed by atoms with Gasteiger partial charge in [0.05, 0.1) is 23.1 Å². The number of benzene rings is 1. The molecule has 19 heavy (non-hydrogen) atoms. The van der Waals surface area contributed by atoms with Crippen LogP contribution in [0.1, 0.15) is 17.3 Å². The quantitative estimate of drug-likeness (QED) is 0.844. The number of nitrogens with zero attached hydrogens (tertiary/aromatic N) is 3. The van der Waals surface area contributed by atoms with Crippen molar-refractivity contribution in [3.63, 3.8) is 0 Å². The van der Waals surface area contributed by atoms with Crippen LogP contribution in [0, 0.1) is 17.2 Å². The molecule has 0 spiro atoms. The van der Waals surface area contributed by atoms with Gasteiger partial charge in [-0.3, -0.25) is 9.78 Å². The van der Waals surface area contributed by atoms with E-state index in [2.05, 4.69) is 11.1 Å². The van der Waals surface area contributed by atoms with Crippen LogP contribution in [0.4, 0.5) is 0 Å². The number of aromatic nitrogens is 1. The van der Waals surface area contributed by atoms with Gasteiger partial charge in [-0.05, 0) is 19.1 Å². The number of amides is 1. The van der Waals surface area contributed by atoms with Crippen LogP contribution in [-0.2, 0) is 0 Å². The Morgan fingerprint density at radius 1 is 1.42 bits per heavy atom. The lowest BCUT2D eigenvalue weighted by atomic mass is 10.1. The van der Waals surface area contributed by atoms with Gasteiger partial charge in [0.2, 0.25) is 0 Å². The van der Waals surface area contributed by atoms with E-state index in [1.165, 1.54) is 0 Å². The van der Waals surface area contributed by atoms with E-state index in [-0.39, 0.29) is 11.8 Å². The van der Waals surface area contributed by atoms with Crippen LogP contribution < -0.4 is 0 Å². The monoisotopic (exact) mass is 253 g/mol. The first-order chi connectivity index (χ1) is 9.13. The van der Waals surface area contributed by atoms with E-state index >= 15 is 0 Å². The summed E-state index contributed by atoms with van der Waals surface area (Å²) >= 11 is 0. The van der Waals surface area contributed by atoms with Crippen molar-refractivity contribution in [2.75, 3.05) is 13.6 Å². The van der Waals surface area contributed by atoms with Gasteiger partial charge in [0, 0.05) is 25.2 Å². The molecule has 0 aliphatic heterocycles. The van der Waals surface area contributed by atoms with E-state index in [9.17, 15) is 4.79 Å². The van der Waals surface area contributed by atoms with E-state index < -0.39 is 0 Å². The second-order valence-corrected chi connectivity index (χ2v) is 4.59. The molecule has 0 saturated heterocycles. The minimum Gasteiger partial charge on any atom is -0.340 e. The lowest BCUT2D eigenvalue weighted by Gasteiger charge is -2.19. The van der Waals surface area contributed by atoms with Crippen molar-refractivity contribution in [3.05, 3.63) is 42.1 Å². The molecule has 4 nitrogen and oxygen atoms in total. The molecule has 1 aromatic carbocycles. The predicted molar refractivity (Wildman–Crippen MR) is 73.5 cm³/mol. The fourth-order valence-electron chi connectivity index (χ4n) is 2.02. The summed E-state index contributed by atoms with van der Waals surface area (Å²) in [6, 6.07) is 11.4. The summed E-state index contributed by atoms with van der Waals surface area (Å²) in [6.07, 6.45) is 1.64. The molecule has 0 radical (unpaired) electrons. The van der Waals surface area contributed by atoms with E-state index in [1.807, 2.05) is 24.3 Å². The summed E-state index contributed by atoms with van der Waals surface area (Å²) in [5.74, 6) is -0.261. The highest BCUT2D eigenvalue weighted by molar-refractivity contribution is 6.05. The fraction of sp³-hybridized carbons (Fsp3) is 0.267. The average Bonchev–Trinajstić information content (AvgIpc) is 2.45. The largest absolute Gasteiger partial charge is 0.340 e. The number of para-hydroxylation sites is 1. The van der Waals surface area contributed by atoms with Crippen LogP contribution in [0.2, 0.25) is 0 Å². The maximum atomic E-state index is 12.4. The molecule has 0 aliphatic rings. The van der Waals surface area contributed by atoms with Gasteiger partial charge in [0.1, 0.15) is 0 Å². The van der Waals surface area contributed by atoms with Crippen LogP contribution in [0.3, 0.4) is 0 Å². The SMILES string of the molecule is CC(C#N)CN(C)C(=O)c1ccnc2ccccc12. The number of rotatable bonds is 3. The Balaban J connectivity index is 2.34. The zero-order valence-corrected chi connectivity index (χ0v) is 11.0. The van der Waals surface area contributed by atoms with Gasteiger partial charge in [-0.25, -0.2) is 0 Å². The number of hydrogen-bond acceptors (Lipinski definition) is 3. The Bertz CT molecular complexity index is 640. The number of carbonyl (C=O) groups is 1. The lowest BCUT2D eigenvalue weighted by molar-refractivity contribution is 0.0787. The molecule has 96 valence electrons. The van der Waals surface area contributed by atoms with Crippen molar-refractivity contribution in [3.8, 4) is 6.07 Å². The third-order valence-corrected chi connectivity index (χ3v) is 2.99. The third-order valence-electron chi connectivity index (χ3n) is 2.99. The minimum absolute atomic E-state index is 0.0827. The van der Waals surface area contributed by atoms with Crippen molar-refractivity contribution in [2.24, 2.45) is 5.92 Å². The molecule has 4 heteroatoms. The van der Waals surface area contributed by atoms with E-state index in [0.717, 1.165) is 10.9 Å². The Morgan fingerprint density at radius 3 is 2.89 bits per heavy atom. The molecule has 1 atom stereocenters. The van der Waals surface area contributed by atoms with E-state index in [0.29, 0.717) is 12.1 Å². The summed E-state index contributed by atoms with van der Waals surface area (Å²) in [7, 11) is 1.71. The first-order valence-electron chi connectivity index (χ1n) is 6.12. The zero-order valence-electron chi connectivity index (χ0n) is 11.0. The van der Waals surface area contributed by atoms with Crippen LogP contribution in [0.25, 0.3) is 10.9 Å². The molecule has 0 saturated carbocycles. The van der Waals surface area contributed by atoms with Gasteiger partial charge in [-0.2, -0.15) is 5.26 Å².